The molecule has 0 spiro atoms. The van der Waals surface area contributed by atoms with E-state index >= 15 is 0 Å². The average Bonchev–Trinajstić information content (AvgIpc) is 2.56. The molecule has 1 aliphatic rings. The van der Waals surface area contributed by atoms with Gasteiger partial charge in [0.15, 0.2) is 0 Å². The Bertz CT molecular complexity index is 518. The van der Waals surface area contributed by atoms with Gasteiger partial charge in [-0.2, -0.15) is 0 Å². The monoisotopic (exact) mass is 318 g/mol. The van der Waals surface area contributed by atoms with E-state index < -0.39 is 12.0 Å². The van der Waals surface area contributed by atoms with Crippen LogP contribution in [-0.2, 0) is 20.7 Å². The highest BCUT2D eigenvalue weighted by Gasteiger charge is 2.27. The van der Waals surface area contributed by atoms with Gasteiger partial charge in [0.1, 0.15) is 6.04 Å². The minimum Gasteiger partial charge on any atom is -0.467 e. The molecule has 1 fully saturated rings. The SMILES string of the molecule is COC(=O)C(Cc1ccccc1)NC(=O)CC1CCCCC1N. The Morgan fingerprint density at radius 2 is 1.96 bits per heavy atom. The third-order valence-corrected chi connectivity index (χ3v) is 4.52. The van der Waals surface area contributed by atoms with E-state index in [1.54, 1.807) is 0 Å². The number of rotatable bonds is 6. The second kappa shape index (κ2) is 8.67. The molecule has 1 aromatic rings. The number of esters is 1. The van der Waals surface area contributed by atoms with Crippen LogP contribution in [0.4, 0.5) is 0 Å². The number of carbonyl (C=O) groups is 2. The highest BCUT2D eigenvalue weighted by molar-refractivity contribution is 5.84. The van der Waals surface area contributed by atoms with Gasteiger partial charge in [0.25, 0.3) is 0 Å². The summed E-state index contributed by atoms with van der Waals surface area (Å²) in [4.78, 5) is 24.3. The average molecular weight is 318 g/mol. The first-order chi connectivity index (χ1) is 11.1. The van der Waals surface area contributed by atoms with Gasteiger partial charge in [0.2, 0.25) is 5.91 Å². The van der Waals surface area contributed by atoms with Crippen molar-refractivity contribution in [1.82, 2.24) is 5.32 Å². The van der Waals surface area contributed by atoms with Crippen LogP contribution in [0.3, 0.4) is 0 Å². The number of nitrogens with two attached hydrogens (primary N) is 1. The summed E-state index contributed by atoms with van der Waals surface area (Å²) < 4.78 is 4.82. The molecule has 3 unspecified atom stereocenters. The van der Waals surface area contributed by atoms with Crippen molar-refractivity contribution >= 4 is 11.9 Å². The van der Waals surface area contributed by atoms with E-state index in [0.29, 0.717) is 12.8 Å². The van der Waals surface area contributed by atoms with E-state index in [1.165, 1.54) is 7.11 Å². The van der Waals surface area contributed by atoms with Crippen molar-refractivity contribution in [3.63, 3.8) is 0 Å². The van der Waals surface area contributed by atoms with Gasteiger partial charge in [-0.05, 0) is 24.3 Å². The lowest BCUT2D eigenvalue weighted by Crippen LogP contribution is -2.45. The van der Waals surface area contributed by atoms with Crippen LogP contribution >= 0.6 is 0 Å². The molecule has 23 heavy (non-hydrogen) atoms. The Hall–Kier alpha value is -1.88. The van der Waals surface area contributed by atoms with E-state index in [0.717, 1.165) is 31.2 Å². The van der Waals surface area contributed by atoms with E-state index in [2.05, 4.69) is 5.32 Å². The standard InChI is InChI=1S/C18H26N2O3/c1-23-18(22)16(11-13-7-3-2-4-8-13)20-17(21)12-14-9-5-6-10-15(14)19/h2-4,7-8,14-16H,5-6,9-12,19H2,1H3,(H,20,21). The maximum atomic E-state index is 12.3. The van der Waals surface area contributed by atoms with Gasteiger partial charge < -0.3 is 15.8 Å². The van der Waals surface area contributed by atoms with Crippen molar-refractivity contribution < 1.29 is 14.3 Å². The fourth-order valence-corrected chi connectivity index (χ4v) is 3.17. The van der Waals surface area contributed by atoms with Crippen molar-refractivity contribution in [1.29, 1.82) is 0 Å². The summed E-state index contributed by atoms with van der Waals surface area (Å²) >= 11 is 0. The first-order valence-electron chi connectivity index (χ1n) is 8.27. The maximum Gasteiger partial charge on any atom is 0.328 e. The molecule has 1 aromatic carbocycles. The van der Waals surface area contributed by atoms with Crippen LogP contribution in [0, 0.1) is 5.92 Å². The largest absolute Gasteiger partial charge is 0.467 e. The van der Waals surface area contributed by atoms with Crippen LogP contribution in [0.5, 0.6) is 0 Å². The summed E-state index contributed by atoms with van der Waals surface area (Å²) in [6.45, 7) is 0. The molecule has 3 N–H and O–H groups in total. The van der Waals surface area contributed by atoms with Gasteiger partial charge in [0, 0.05) is 18.9 Å². The fraction of sp³-hybridized carbons (Fsp3) is 0.556. The smallest absolute Gasteiger partial charge is 0.328 e. The summed E-state index contributed by atoms with van der Waals surface area (Å²) in [5.74, 6) is -0.340. The zero-order valence-corrected chi connectivity index (χ0v) is 13.7. The predicted molar refractivity (Wildman–Crippen MR) is 88.6 cm³/mol. The summed E-state index contributed by atoms with van der Waals surface area (Å²) in [6.07, 6.45) is 5.02. The Kier molecular flexibility index (Phi) is 6.59. The third kappa shape index (κ3) is 5.36. The summed E-state index contributed by atoms with van der Waals surface area (Å²) in [7, 11) is 1.34. The highest BCUT2D eigenvalue weighted by Crippen LogP contribution is 2.25. The number of hydrogen-bond donors (Lipinski definition) is 2. The predicted octanol–water partition coefficient (Wildman–Crippen LogP) is 1.79. The van der Waals surface area contributed by atoms with Crippen LogP contribution < -0.4 is 11.1 Å². The normalized spacial score (nSPS) is 22.2. The van der Waals surface area contributed by atoms with Gasteiger partial charge >= 0.3 is 5.97 Å². The van der Waals surface area contributed by atoms with Crippen molar-refractivity contribution in [2.45, 2.75) is 50.6 Å². The number of nitrogens with one attached hydrogen (secondary N) is 1. The number of hydrogen-bond acceptors (Lipinski definition) is 4. The molecular weight excluding hydrogens is 292 g/mol. The van der Waals surface area contributed by atoms with Crippen molar-refractivity contribution in [2.75, 3.05) is 7.11 Å². The molecule has 0 saturated heterocycles. The topological polar surface area (TPSA) is 81.4 Å². The number of benzene rings is 1. The fourth-order valence-electron chi connectivity index (χ4n) is 3.17. The number of methoxy groups -OCH3 is 1. The lowest BCUT2D eigenvalue weighted by atomic mass is 9.83. The molecule has 0 radical (unpaired) electrons. The van der Waals surface area contributed by atoms with Gasteiger partial charge in [0.05, 0.1) is 7.11 Å². The summed E-state index contributed by atoms with van der Waals surface area (Å²) in [6, 6.07) is 9.02. The molecule has 3 atom stereocenters. The lowest BCUT2D eigenvalue weighted by Gasteiger charge is -2.28. The molecule has 0 aromatic heterocycles. The zero-order chi connectivity index (χ0) is 16.7. The molecule has 0 bridgehead atoms. The molecule has 0 aliphatic heterocycles. The van der Waals surface area contributed by atoms with Crippen LogP contribution in [-0.4, -0.2) is 31.1 Å². The third-order valence-electron chi connectivity index (χ3n) is 4.52. The Balaban J connectivity index is 1.94. The molecule has 5 nitrogen and oxygen atoms in total. The van der Waals surface area contributed by atoms with Crippen LogP contribution in [0.15, 0.2) is 30.3 Å². The zero-order valence-electron chi connectivity index (χ0n) is 13.7. The minimum atomic E-state index is -0.658. The second-order valence-electron chi connectivity index (χ2n) is 6.25. The first kappa shape index (κ1) is 17.5. The molecule has 1 aliphatic carbocycles. The van der Waals surface area contributed by atoms with E-state index in [4.69, 9.17) is 10.5 Å². The first-order valence-corrected chi connectivity index (χ1v) is 8.27. The minimum absolute atomic E-state index is 0.0835. The Morgan fingerprint density at radius 1 is 1.26 bits per heavy atom. The molecule has 2 rings (SSSR count). The molecule has 1 saturated carbocycles. The summed E-state index contributed by atoms with van der Waals surface area (Å²) in [5.41, 5.74) is 7.08. The second-order valence-corrected chi connectivity index (χ2v) is 6.25. The maximum absolute atomic E-state index is 12.3. The van der Waals surface area contributed by atoms with E-state index in [1.807, 2.05) is 30.3 Å². The molecule has 5 heteroatoms. The van der Waals surface area contributed by atoms with Gasteiger partial charge in [-0.1, -0.05) is 43.2 Å². The van der Waals surface area contributed by atoms with Crippen LogP contribution in [0.2, 0.25) is 0 Å². The van der Waals surface area contributed by atoms with Crippen LogP contribution in [0.1, 0.15) is 37.7 Å². The quantitative estimate of drug-likeness (QED) is 0.784. The molecule has 1 amide bonds. The van der Waals surface area contributed by atoms with Gasteiger partial charge in [-0.3, -0.25) is 4.79 Å². The van der Waals surface area contributed by atoms with E-state index in [-0.39, 0.29) is 17.9 Å². The number of amides is 1. The van der Waals surface area contributed by atoms with Crippen molar-refractivity contribution in [2.24, 2.45) is 11.7 Å². The van der Waals surface area contributed by atoms with Crippen molar-refractivity contribution in [3.05, 3.63) is 35.9 Å². The van der Waals surface area contributed by atoms with Crippen molar-refractivity contribution in [3.8, 4) is 0 Å². The molecule has 126 valence electrons. The van der Waals surface area contributed by atoms with E-state index in [9.17, 15) is 9.59 Å². The molecule has 0 heterocycles. The number of ether oxygens (including phenoxy) is 1. The van der Waals surface area contributed by atoms with Gasteiger partial charge in [-0.15, -0.1) is 0 Å². The molecular formula is C18H26N2O3. The highest BCUT2D eigenvalue weighted by atomic mass is 16.5. The summed E-state index contributed by atoms with van der Waals surface area (Å²) in [5, 5.41) is 2.82. The lowest BCUT2D eigenvalue weighted by molar-refractivity contribution is -0.145. The number of carbonyl (C=O) groups excluding carboxylic acids is 2. The van der Waals surface area contributed by atoms with Gasteiger partial charge in [-0.25, -0.2) is 4.79 Å². The Labute approximate surface area is 137 Å². The Morgan fingerprint density at radius 3 is 2.61 bits per heavy atom. The van der Waals surface area contributed by atoms with Crippen LogP contribution in [0.25, 0.3) is 0 Å².